The number of hydrogen-bond donors (Lipinski definition) is 1. The highest BCUT2D eigenvalue weighted by atomic mass is 16.5. The van der Waals surface area contributed by atoms with Gasteiger partial charge in [-0.15, -0.1) is 0 Å². The monoisotopic (exact) mass is 220 g/mol. The third-order valence-corrected chi connectivity index (χ3v) is 2.16. The van der Waals surface area contributed by atoms with Crippen molar-refractivity contribution in [2.45, 2.75) is 13.8 Å². The SMILES string of the molecule is C=C/N=C1/OCC(=O)N/C1=C(/C=C)C(C)C. The van der Waals surface area contributed by atoms with E-state index in [0.29, 0.717) is 11.6 Å². The molecule has 0 aliphatic carbocycles. The fourth-order valence-electron chi connectivity index (χ4n) is 1.44. The molecule has 1 aliphatic rings. The van der Waals surface area contributed by atoms with Gasteiger partial charge in [0.05, 0.1) is 0 Å². The Balaban J connectivity index is 3.21. The van der Waals surface area contributed by atoms with Crippen molar-refractivity contribution in [2.24, 2.45) is 10.9 Å². The number of nitrogens with zero attached hydrogens (tertiary/aromatic N) is 1. The quantitative estimate of drug-likeness (QED) is 0.788. The van der Waals surface area contributed by atoms with Gasteiger partial charge >= 0.3 is 0 Å². The van der Waals surface area contributed by atoms with Crippen molar-refractivity contribution in [1.29, 1.82) is 0 Å². The van der Waals surface area contributed by atoms with E-state index >= 15 is 0 Å². The van der Waals surface area contributed by atoms with Crippen molar-refractivity contribution in [1.82, 2.24) is 5.32 Å². The molecular formula is C12H16N2O2. The molecule has 1 aliphatic heterocycles. The summed E-state index contributed by atoms with van der Waals surface area (Å²) in [6.45, 7) is 11.2. The van der Waals surface area contributed by atoms with Crippen LogP contribution in [0.4, 0.5) is 0 Å². The molecule has 1 rings (SSSR count). The first-order chi connectivity index (χ1) is 7.60. The Morgan fingerprint density at radius 3 is 2.75 bits per heavy atom. The minimum Gasteiger partial charge on any atom is -0.466 e. The smallest absolute Gasteiger partial charge is 0.262 e. The summed E-state index contributed by atoms with van der Waals surface area (Å²) in [4.78, 5) is 15.3. The van der Waals surface area contributed by atoms with Crippen molar-refractivity contribution in [3.63, 3.8) is 0 Å². The molecule has 1 fully saturated rings. The summed E-state index contributed by atoms with van der Waals surface area (Å²) in [6, 6.07) is 0. The predicted octanol–water partition coefficient (Wildman–Crippen LogP) is 1.77. The molecule has 0 spiro atoms. The molecule has 0 atom stereocenters. The lowest BCUT2D eigenvalue weighted by Gasteiger charge is -2.22. The highest BCUT2D eigenvalue weighted by Gasteiger charge is 2.23. The molecule has 0 unspecified atom stereocenters. The van der Waals surface area contributed by atoms with Crippen LogP contribution in [0.25, 0.3) is 0 Å². The molecule has 1 saturated heterocycles. The van der Waals surface area contributed by atoms with E-state index in [4.69, 9.17) is 4.74 Å². The number of carbonyl (C=O) groups excluding carboxylic acids is 1. The summed E-state index contributed by atoms with van der Waals surface area (Å²) in [7, 11) is 0. The molecule has 1 N–H and O–H groups in total. The zero-order chi connectivity index (χ0) is 12.1. The number of rotatable bonds is 3. The number of nitrogens with one attached hydrogen (secondary N) is 1. The molecule has 1 heterocycles. The zero-order valence-electron chi connectivity index (χ0n) is 9.62. The Hall–Kier alpha value is -1.84. The van der Waals surface area contributed by atoms with E-state index in [2.05, 4.69) is 23.5 Å². The molecule has 0 aromatic heterocycles. The number of ether oxygens (including phenoxy) is 1. The Kier molecular flexibility index (Phi) is 4.05. The van der Waals surface area contributed by atoms with Crippen molar-refractivity contribution in [3.05, 3.63) is 36.7 Å². The number of amides is 1. The van der Waals surface area contributed by atoms with E-state index in [1.54, 1.807) is 6.08 Å². The number of morpholine rings is 1. The summed E-state index contributed by atoms with van der Waals surface area (Å²) >= 11 is 0. The number of hydrogen-bond acceptors (Lipinski definition) is 3. The lowest BCUT2D eigenvalue weighted by molar-refractivity contribution is -0.123. The first-order valence-corrected chi connectivity index (χ1v) is 5.08. The van der Waals surface area contributed by atoms with Crippen LogP contribution in [0.5, 0.6) is 0 Å². The van der Waals surface area contributed by atoms with E-state index in [0.717, 1.165) is 5.57 Å². The lowest BCUT2D eigenvalue weighted by Crippen LogP contribution is -2.39. The molecule has 4 heteroatoms. The predicted molar refractivity (Wildman–Crippen MR) is 63.8 cm³/mol. The van der Waals surface area contributed by atoms with Crippen LogP contribution in [0.3, 0.4) is 0 Å². The molecule has 1 amide bonds. The number of aliphatic imine (C=N–C) groups is 1. The minimum atomic E-state index is -0.182. The summed E-state index contributed by atoms with van der Waals surface area (Å²) in [5.74, 6) is 0.431. The molecule has 0 aromatic rings. The molecule has 16 heavy (non-hydrogen) atoms. The van der Waals surface area contributed by atoms with Crippen LogP contribution in [-0.2, 0) is 9.53 Å². The fraction of sp³-hybridized carbons (Fsp3) is 0.333. The van der Waals surface area contributed by atoms with E-state index in [-0.39, 0.29) is 18.4 Å². The van der Waals surface area contributed by atoms with Gasteiger partial charge in [0.2, 0.25) is 5.90 Å². The van der Waals surface area contributed by atoms with Crippen molar-refractivity contribution in [2.75, 3.05) is 6.61 Å². The molecule has 0 radical (unpaired) electrons. The van der Waals surface area contributed by atoms with Crippen LogP contribution in [0.15, 0.2) is 41.7 Å². The van der Waals surface area contributed by atoms with Gasteiger partial charge in [-0.2, -0.15) is 0 Å². The summed E-state index contributed by atoms with van der Waals surface area (Å²) in [5, 5.41) is 2.75. The van der Waals surface area contributed by atoms with Gasteiger partial charge in [-0.05, 0) is 11.5 Å². The van der Waals surface area contributed by atoms with E-state index < -0.39 is 0 Å². The zero-order valence-corrected chi connectivity index (χ0v) is 9.62. The minimum absolute atomic E-state index is 0.0152. The van der Waals surface area contributed by atoms with Gasteiger partial charge in [0.1, 0.15) is 5.70 Å². The molecule has 4 nitrogen and oxygen atoms in total. The molecule has 86 valence electrons. The molecule has 0 bridgehead atoms. The molecule has 0 aromatic carbocycles. The Morgan fingerprint density at radius 1 is 1.56 bits per heavy atom. The number of carbonyl (C=O) groups is 1. The largest absolute Gasteiger partial charge is 0.466 e. The average Bonchev–Trinajstić information content (AvgIpc) is 2.22. The molecule has 0 saturated carbocycles. The van der Waals surface area contributed by atoms with Crippen LogP contribution in [0.2, 0.25) is 0 Å². The van der Waals surface area contributed by atoms with Crippen molar-refractivity contribution in [3.8, 4) is 0 Å². The maximum Gasteiger partial charge on any atom is 0.262 e. The van der Waals surface area contributed by atoms with Crippen LogP contribution >= 0.6 is 0 Å². The Bertz CT molecular complexity index is 378. The second-order valence-corrected chi connectivity index (χ2v) is 3.64. The van der Waals surface area contributed by atoms with Crippen LogP contribution in [0, 0.1) is 5.92 Å². The number of allylic oxidation sites excluding steroid dienone is 2. The van der Waals surface area contributed by atoms with Crippen molar-refractivity contribution < 1.29 is 9.53 Å². The summed E-state index contributed by atoms with van der Waals surface area (Å²) in [5.41, 5.74) is 1.48. The van der Waals surface area contributed by atoms with E-state index in [1.165, 1.54) is 6.20 Å². The maximum absolute atomic E-state index is 11.3. The third-order valence-electron chi connectivity index (χ3n) is 2.16. The molecular weight excluding hydrogens is 204 g/mol. The van der Waals surface area contributed by atoms with Gasteiger partial charge in [0, 0.05) is 6.20 Å². The van der Waals surface area contributed by atoms with Crippen LogP contribution in [-0.4, -0.2) is 18.4 Å². The highest BCUT2D eigenvalue weighted by Crippen LogP contribution is 2.18. The topological polar surface area (TPSA) is 50.7 Å². The van der Waals surface area contributed by atoms with Gasteiger partial charge in [-0.25, -0.2) is 4.99 Å². The second-order valence-electron chi connectivity index (χ2n) is 3.64. The Labute approximate surface area is 95.4 Å². The second kappa shape index (κ2) is 5.30. The normalized spacial score (nSPS) is 21.4. The van der Waals surface area contributed by atoms with Gasteiger partial charge in [-0.3, -0.25) is 4.79 Å². The fourth-order valence-corrected chi connectivity index (χ4v) is 1.44. The first-order valence-electron chi connectivity index (χ1n) is 5.08. The van der Waals surface area contributed by atoms with Gasteiger partial charge in [0.15, 0.2) is 6.61 Å². The first kappa shape index (κ1) is 12.2. The summed E-state index contributed by atoms with van der Waals surface area (Å²) < 4.78 is 5.24. The van der Waals surface area contributed by atoms with Crippen molar-refractivity contribution >= 4 is 11.8 Å². The lowest BCUT2D eigenvalue weighted by atomic mass is 10.0. The maximum atomic E-state index is 11.3. The highest BCUT2D eigenvalue weighted by molar-refractivity contribution is 6.02. The standard InChI is InChI=1S/C12H16N2O2/c1-5-9(8(3)4)11-12(13-6-2)16-7-10(15)14-11/h5-6,8H,1-2,7H2,3-4H3,(H,14,15)/b11-9-,13-12+. The Morgan fingerprint density at radius 2 is 2.25 bits per heavy atom. The van der Waals surface area contributed by atoms with E-state index in [1.807, 2.05) is 13.8 Å². The third kappa shape index (κ3) is 2.59. The van der Waals surface area contributed by atoms with Gasteiger partial charge in [0.25, 0.3) is 5.91 Å². The van der Waals surface area contributed by atoms with Gasteiger partial charge < -0.3 is 10.1 Å². The summed E-state index contributed by atoms with van der Waals surface area (Å²) in [6.07, 6.45) is 3.08. The average molecular weight is 220 g/mol. The van der Waals surface area contributed by atoms with Crippen LogP contribution in [0.1, 0.15) is 13.8 Å². The van der Waals surface area contributed by atoms with E-state index in [9.17, 15) is 4.79 Å². The van der Waals surface area contributed by atoms with Crippen LogP contribution < -0.4 is 5.32 Å². The van der Waals surface area contributed by atoms with Gasteiger partial charge in [-0.1, -0.05) is 33.1 Å².